The van der Waals surface area contributed by atoms with Crippen molar-refractivity contribution in [3.05, 3.63) is 17.8 Å². The van der Waals surface area contributed by atoms with E-state index in [1.165, 1.54) is 0 Å². The molecule has 1 fully saturated rings. The van der Waals surface area contributed by atoms with E-state index < -0.39 is 0 Å². The van der Waals surface area contributed by atoms with Crippen LogP contribution in [0, 0.1) is 12.8 Å². The summed E-state index contributed by atoms with van der Waals surface area (Å²) in [5.41, 5.74) is 7.70. The van der Waals surface area contributed by atoms with Crippen LogP contribution in [0.2, 0.25) is 0 Å². The monoisotopic (exact) mass is 235 g/mol. The van der Waals surface area contributed by atoms with E-state index in [1.54, 1.807) is 0 Å². The lowest BCUT2D eigenvalue weighted by Crippen LogP contribution is -2.37. The number of rotatable bonds is 2. The van der Waals surface area contributed by atoms with E-state index >= 15 is 0 Å². The predicted octanol–water partition coefficient (Wildman–Crippen LogP) is 1.57. The lowest BCUT2D eigenvalue weighted by atomic mass is 9.92. The minimum Gasteiger partial charge on any atom is -0.396 e. The topological polar surface area (TPSA) is 62.4 Å². The molecule has 4 nitrogen and oxygen atoms in total. The van der Waals surface area contributed by atoms with E-state index in [9.17, 15) is 5.11 Å². The zero-order chi connectivity index (χ0) is 12.4. The van der Waals surface area contributed by atoms with Gasteiger partial charge < -0.3 is 15.7 Å². The van der Waals surface area contributed by atoms with Crippen molar-refractivity contribution in [2.75, 3.05) is 23.7 Å². The molecule has 0 bridgehead atoms. The van der Waals surface area contributed by atoms with Crippen molar-refractivity contribution in [1.82, 2.24) is 4.98 Å². The Labute approximate surface area is 102 Å². The van der Waals surface area contributed by atoms with Crippen molar-refractivity contribution in [3.8, 4) is 0 Å². The van der Waals surface area contributed by atoms with Crippen molar-refractivity contribution in [1.29, 1.82) is 0 Å². The minimum atomic E-state index is -0.208. The summed E-state index contributed by atoms with van der Waals surface area (Å²) in [6.07, 6.45) is 1.80. The third kappa shape index (κ3) is 2.69. The molecule has 0 saturated carbocycles. The first-order valence-electron chi connectivity index (χ1n) is 6.24. The summed E-state index contributed by atoms with van der Waals surface area (Å²) in [6.45, 7) is 5.71. The summed E-state index contributed by atoms with van der Waals surface area (Å²) >= 11 is 0. The molecule has 94 valence electrons. The molecule has 1 aromatic rings. The van der Waals surface area contributed by atoms with Crippen LogP contribution in [-0.4, -0.2) is 29.3 Å². The maximum atomic E-state index is 9.57. The van der Waals surface area contributed by atoms with Gasteiger partial charge in [-0.05, 0) is 44.7 Å². The zero-order valence-corrected chi connectivity index (χ0v) is 10.6. The Morgan fingerprint density at radius 3 is 2.65 bits per heavy atom. The largest absolute Gasteiger partial charge is 0.396 e. The summed E-state index contributed by atoms with van der Waals surface area (Å²) < 4.78 is 0. The molecule has 3 N–H and O–H groups in total. The van der Waals surface area contributed by atoms with Crippen LogP contribution in [0.1, 0.15) is 25.5 Å². The molecular weight excluding hydrogens is 214 g/mol. The molecule has 2 rings (SSSR count). The fourth-order valence-electron chi connectivity index (χ4n) is 2.40. The minimum absolute atomic E-state index is 0.208. The number of aryl methyl sites for hydroxylation is 1. The van der Waals surface area contributed by atoms with Crippen molar-refractivity contribution < 1.29 is 5.11 Å². The Morgan fingerprint density at radius 1 is 1.41 bits per heavy atom. The molecule has 17 heavy (non-hydrogen) atoms. The SMILES string of the molecule is Cc1ccc(N)c(N2CCC(C(C)O)CC2)n1. The highest BCUT2D eigenvalue weighted by Gasteiger charge is 2.24. The van der Waals surface area contributed by atoms with Gasteiger partial charge in [-0.3, -0.25) is 0 Å². The first kappa shape index (κ1) is 12.2. The molecule has 0 aromatic carbocycles. The third-order valence-electron chi connectivity index (χ3n) is 3.57. The Bertz CT molecular complexity index is 384. The summed E-state index contributed by atoms with van der Waals surface area (Å²) in [4.78, 5) is 6.73. The summed E-state index contributed by atoms with van der Waals surface area (Å²) in [6, 6.07) is 3.85. The number of nitrogen functional groups attached to an aromatic ring is 1. The van der Waals surface area contributed by atoms with Gasteiger partial charge in [-0.15, -0.1) is 0 Å². The highest BCUT2D eigenvalue weighted by atomic mass is 16.3. The third-order valence-corrected chi connectivity index (χ3v) is 3.57. The van der Waals surface area contributed by atoms with Crippen LogP contribution >= 0.6 is 0 Å². The lowest BCUT2D eigenvalue weighted by molar-refractivity contribution is 0.110. The van der Waals surface area contributed by atoms with Gasteiger partial charge in [-0.25, -0.2) is 4.98 Å². The molecule has 2 heterocycles. The van der Waals surface area contributed by atoms with E-state index in [4.69, 9.17) is 5.73 Å². The van der Waals surface area contributed by atoms with Crippen LogP contribution in [0.5, 0.6) is 0 Å². The highest BCUT2D eigenvalue weighted by molar-refractivity contribution is 5.63. The van der Waals surface area contributed by atoms with Crippen LogP contribution in [0.3, 0.4) is 0 Å². The van der Waals surface area contributed by atoms with Crippen LogP contribution in [-0.2, 0) is 0 Å². The number of hydrogen-bond acceptors (Lipinski definition) is 4. The molecule has 0 spiro atoms. The number of pyridine rings is 1. The fraction of sp³-hybridized carbons (Fsp3) is 0.615. The van der Waals surface area contributed by atoms with Crippen molar-refractivity contribution in [2.24, 2.45) is 5.92 Å². The Morgan fingerprint density at radius 2 is 2.06 bits per heavy atom. The van der Waals surface area contributed by atoms with Crippen LogP contribution in [0.4, 0.5) is 11.5 Å². The average molecular weight is 235 g/mol. The van der Waals surface area contributed by atoms with Crippen LogP contribution < -0.4 is 10.6 Å². The van der Waals surface area contributed by atoms with Gasteiger partial charge in [0.25, 0.3) is 0 Å². The smallest absolute Gasteiger partial charge is 0.152 e. The molecular formula is C13H21N3O. The summed E-state index contributed by atoms with van der Waals surface area (Å²) in [5, 5.41) is 9.57. The van der Waals surface area contributed by atoms with E-state index in [0.717, 1.165) is 43.1 Å². The summed E-state index contributed by atoms with van der Waals surface area (Å²) in [7, 11) is 0. The van der Waals surface area contributed by atoms with Crippen molar-refractivity contribution in [2.45, 2.75) is 32.8 Å². The van der Waals surface area contributed by atoms with Crippen LogP contribution in [0.15, 0.2) is 12.1 Å². The van der Waals surface area contributed by atoms with Gasteiger partial charge in [0.1, 0.15) is 0 Å². The number of aliphatic hydroxyl groups is 1. The van der Waals surface area contributed by atoms with Crippen molar-refractivity contribution in [3.63, 3.8) is 0 Å². The molecule has 1 aliphatic heterocycles. The zero-order valence-electron chi connectivity index (χ0n) is 10.6. The Kier molecular flexibility index (Phi) is 3.52. The van der Waals surface area contributed by atoms with Gasteiger partial charge >= 0.3 is 0 Å². The lowest BCUT2D eigenvalue weighted by Gasteiger charge is -2.34. The fourth-order valence-corrected chi connectivity index (χ4v) is 2.40. The molecule has 1 saturated heterocycles. The molecule has 1 unspecified atom stereocenters. The number of nitrogens with two attached hydrogens (primary N) is 1. The number of piperidine rings is 1. The van der Waals surface area contributed by atoms with Crippen LogP contribution in [0.25, 0.3) is 0 Å². The van der Waals surface area contributed by atoms with E-state index in [-0.39, 0.29) is 6.10 Å². The second kappa shape index (κ2) is 4.92. The molecule has 1 aliphatic rings. The Balaban J connectivity index is 2.07. The maximum absolute atomic E-state index is 9.57. The average Bonchev–Trinajstić information content (AvgIpc) is 2.32. The number of aliphatic hydroxyl groups excluding tert-OH is 1. The van der Waals surface area contributed by atoms with E-state index in [0.29, 0.717) is 5.92 Å². The highest BCUT2D eigenvalue weighted by Crippen LogP contribution is 2.27. The van der Waals surface area contributed by atoms with Gasteiger partial charge in [0.15, 0.2) is 5.82 Å². The number of anilines is 2. The first-order valence-corrected chi connectivity index (χ1v) is 6.24. The first-order chi connectivity index (χ1) is 8.08. The van der Waals surface area contributed by atoms with Gasteiger partial charge in [-0.1, -0.05) is 0 Å². The van der Waals surface area contributed by atoms with E-state index in [1.807, 2.05) is 26.0 Å². The number of aromatic nitrogens is 1. The molecule has 0 aliphatic carbocycles. The quantitative estimate of drug-likeness (QED) is 0.816. The molecule has 0 radical (unpaired) electrons. The standard InChI is InChI=1S/C13H21N3O/c1-9-3-4-12(14)13(15-9)16-7-5-11(6-8-16)10(2)17/h3-4,10-11,17H,5-8,14H2,1-2H3. The van der Waals surface area contributed by atoms with Gasteiger partial charge in [0.05, 0.1) is 11.8 Å². The second-order valence-electron chi connectivity index (χ2n) is 4.93. The van der Waals surface area contributed by atoms with E-state index in [2.05, 4.69) is 9.88 Å². The normalized spacial score (nSPS) is 19.4. The number of nitrogens with zero attached hydrogens (tertiary/aromatic N) is 2. The maximum Gasteiger partial charge on any atom is 0.152 e. The van der Waals surface area contributed by atoms with Gasteiger partial charge in [-0.2, -0.15) is 0 Å². The molecule has 4 heteroatoms. The van der Waals surface area contributed by atoms with Gasteiger partial charge in [0, 0.05) is 18.8 Å². The Hall–Kier alpha value is -1.29. The summed E-state index contributed by atoms with van der Waals surface area (Å²) in [5.74, 6) is 1.31. The predicted molar refractivity (Wildman–Crippen MR) is 70.0 cm³/mol. The number of hydrogen-bond donors (Lipinski definition) is 2. The van der Waals surface area contributed by atoms with Crippen molar-refractivity contribution >= 4 is 11.5 Å². The molecule has 0 amide bonds. The molecule has 1 atom stereocenters. The van der Waals surface area contributed by atoms with Gasteiger partial charge in [0.2, 0.25) is 0 Å². The second-order valence-corrected chi connectivity index (χ2v) is 4.93. The molecule has 1 aromatic heterocycles.